The number of fused-ring (bicyclic) bond motifs is 1. The number of carbonyl (C=O) groups is 1. The maximum atomic E-state index is 13.0. The molecule has 0 amide bonds. The van der Waals surface area contributed by atoms with Crippen molar-refractivity contribution in [3.8, 4) is 11.5 Å². The molecule has 0 aromatic heterocycles. The average molecular weight is 720 g/mol. The standard InChI is InChI=1S/C36H50ClN3O10/c1-25(50-40(42)43)5-3-6-35(41)49-34-23-38-22-33(36(34)48-30-14-12-29(13-15-30)47-28-10-8-27(37)9-11-28)46-24-26-7-16-32-31(21-26)39(18-20-45-32)17-4-19-44-2/h7-11,16,21,25,29-30,33-34,36,38H,3-6,12-15,17-20,22-24H2,1-2H3. The number of hydrogen-bond donors (Lipinski definition) is 1. The van der Waals surface area contributed by atoms with Crippen LogP contribution in [0.15, 0.2) is 42.5 Å². The zero-order valence-electron chi connectivity index (χ0n) is 29.0. The summed E-state index contributed by atoms with van der Waals surface area (Å²) in [7, 11) is 1.71. The number of ether oxygens (including phenoxy) is 6. The first-order chi connectivity index (χ1) is 24.3. The van der Waals surface area contributed by atoms with Crippen molar-refractivity contribution in [3.63, 3.8) is 0 Å². The minimum atomic E-state index is -0.812. The van der Waals surface area contributed by atoms with E-state index in [1.54, 1.807) is 14.0 Å². The van der Waals surface area contributed by atoms with E-state index in [9.17, 15) is 14.9 Å². The van der Waals surface area contributed by atoms with Crippen LogP contribution in [0.2, 0.25) is 5.02 Å². The average Bonchev–Trinajstić information content (AvgIpc) is 3.10. The molecular weight excluding hydrogens is 670 g/mol. The van der Waals surface area contributed by atoms with Crippen LogP contribution in [0.25, 0.3) is 0 Å². The van der Waals surface area contributed by atoms with Crippen LogP contribution >= 0.6 is 11.6 Å². The highest BCUT2D eigenvalue weighted by Gasteiger charge is 2.40. The van der Waals surface area contributed by atoms with Gasteiger partial charge in [0.05, 0.1) is 31.0 Å². The van der Waals surface area contributed by atoms with E-state index in [0.29, 0.717) is 50.8 Å². The third-order valence-electron chi connectivity index (χ3n) is 9.27. The van der Waals surface area contributed by atoms with Gasteiger partial charge in [0.15, 0.2) is 0 Å². The molecular formula is C36H50ClN3O10. The van der Waals surface area contributed by atoms with E-state index in [4.69, 9.17) is 40.0 Å². The van der Waals surface area contributed by atoms with E-state index >= 15 is 0 Å². The summed E-state index contributed by atoms with van der Waals surface area (Å²) in [5.41, 5.74) is 2.06. The number of nitrogens with one attached hydrogen (secondary N) is 1. The molecule has 14 heteroatoms. The summed E-state index contributed by atoms with van der Waals surface area (Å²) in [4.78, 5) is 30.5. The Morgan fingerprint density at radius 2 is 1.84 bits per heavy atom. The van der Waals surface area contributed by atoms with E-state index in [1.165, 1.54) is 0 Å². The zero-order valence-corrected chi connectivity index (χ0v) is 29.7. The SMILES string of the molecule is COCCCN1CCOc2ccc(COC3CNCC(OC(=O)CCCC(C)O[N+](=O)[O-])C3OC3CCC(Oc4ccc(Cl)cc4)CC3)cc21. The fourth-order valence-corrected chi connectivity index (χ4v) is 6.82. The highest BCUT2D eigenvalue weighted by Crippen LogP contribution is 2.34. The molecule has 276 valence electrons. The lowest BCUT2D eigenvalue weighted by Gasteiger charge is -2.41. The van der Waals surface area contributed by atoms with E-state index in [1.807, 2.05) is 36.4 Å². The van der Waals surface area contributed by atoms with Crippen LogP contribution in [-0.2, 0) is 35.2 Å². The van der Waals surface area contributed by atoms with Crippen molar-refractivity contribution in [2.24, 2.45) is 0 Å². The summed E-state index contributed by atoms with van der Waals surface area (Å²) in [5, 5.41) is 13.8. The Balaban J connectivity index is 1.21. The fourth-order valence-electron chi connectivity index (χ4n) is 6.70. The number of benzene rings is 2. The van der Waals surface area contributed by atoms with Crippen LogP contribution in [-0.4, -0.2) is 94.2 Å². The monoisotopic (exact) mass is 719 g/mol. The first kappa shape index (κ1) is 37.9. The van der Waals surface area contributed by atoms with Crippen molar-refractivity contribution in [2.45, 2.75) is 102 Å². The summed E-state index contributed by atoms with van der Waals surface area (Å²) < 4.78 is 36.7. The Bertz CT molecular complexity index is 1360. The smallest absolute Gasteiger partial charge is 0.306 e. The predicted molar refractivity (Wildman–Crippen MR) is 186 cm³/mol. The molecule has 2 aliphatic heterocycles. The highest BCUT2D eigenvalue weighted by atomic mass is 35.5. The van der Waals surface area contributed by atoms with Crippen molar-refractivity contribution >= 4 is 23.3 Å². The van der Waals surface area contributed by atoms with Gasteiger partial charge < -0.3 is 43.5 Å². The second-order valence-corrected chi connectivity index (χ2v) is 13.6. The van der Waals surface area contributed by atoms with Gasteiger partial charge >= 0.3 is 5.97 Å². The number of piperidine rings is 1. The molecule has 50 heavy (non-hydrogen) atoms. The van der Waals surface area contributed by atoms with Gasteiger partial charge in [0, 0.05) is 44.8 Å². The summed E-state index contributed by atoms with van der Waals surface area (Å²) in [6.45, 7) is 5.95. The molecule has 2 heterocycles. The van der Waals surface area contributed by atoms with Gasteiger partial charge in [-0.3, -0.25) is 4.79 Å². The van der Waals surface area contributed by atoms with Gasteiger partial charge in [-0.15, -0.1) is 10.1 Å². The van der Waals surface area contributed by atoms with Crippen LogP contribution in [0.5, 0.6) is 11.5 Å². The third-order valence-corrected chi connectivity index (χ3v) is 9.53. The van der Waals surface area contributed by atoms with Gasteiger partial charge in [-0.1, -0.05) is 17.7 Å². The quantitative estimate of drug-likeness (QED) is 0.0898. The van der Waals surface area contributed by atoms with Crippen LogP contribution in [0.3, 0.4) is 0 Å². The number of halogens is 1. The van der Waals surface area contributed by atoms with E-state index < -0.39 is 23.4 Å². The zero-order chi connectivity index (χ0) is 35.3. The van der Waals surface area contributed by atoms with Crippen molar-refractivity contribution in [2.75, 3.05) is 51.4 Å². The molecule has 2 fully saturated rings. The van der Waals surface area contributed by atoms with Crippen molar-refractivity contribution < 1.29 is 43.1 Å². The molecule has 13 nitrogen and oxygen atoms in total. The molecule has 1 saturated heterocycles. The minimum absolute atomic E-state index is 0.0443. The number of esters is 1. The molecule has 2 aromatic rings. The molecule has 1 saturated carbocycles. The molecule has 1 aliphatic carbocycles. The predicted octanol–water partition coefficient (Wildman–Crippen LogP) is 5.52. The van der Waals surface area contributed by atoms with Crippen molar-refractivity contribution in [3.05, 3.63) is 63.2 Å². The number of rotatable bonds is 18. The third kappa shape index (κ3) is 11.6. The first-order valence-electron chi connectivity index (χ1n) is 17.7. The number of carbonyl (C=O) groups excluding carboxylic acids is 1. The number of methoxy groups -OCH3 is 1. The first-order valence-corrected chi connectivity index (χ1v) is 18.1. The Kier molecular flexibility index (Phi) is 14.6. The Morgan fingerprint density at radius 3 is 2.60 bits per heavy atom. The molecule has 0 spiro atoms. The van der Waals surface area contributed by atoms with Crippen LogP contribution in [0.4, 0.5) is 5.69 Å². The van der Waals surface area contributed by atoms with E-state index in [0.717, 1.165) is 67.9 Å². The highest BCUT2D eigenvalue weighted by molar-refractivity contribution is 6.30. The number of hydrogen-bond acceptors (Lipinski definition) is 12. The molecule has 0 bridgehead atoms. The number of nitrogens with zero attached hydrogens (tertiary/aromatic N) is 2. The maximum Gasteiger partial charge on any atom is 0.306 e. The molecule has 1 N–H and O–H groups in total. The lowest BCUT2D eigenvalue weighted by Crippen LogP contribution is -2.58. The van der Waals surface area contributed by atoms with Crippen molar-refractivity contribution in [1.29, 1.82) is 0 Å². The topological polar surface area (TPSA) is 140 Å². The fraction of sp³-hybridized carbons (Fsp3) is 0.639. The minimum Gasteiger partial charge on any atom is -0.490 e. The van der Waals surface area contributed by atoms with Crippen molar-refractivity contribution in [1.82, 2.24) is 5.32 Å². The summed E-state index contributed by atoms with van der Waals surface area (Å²) in [5.74, 6) is 1.27. The summed E-state index contributed by atoms with van der Waals surface area (Å²) in [6.07, 6.45) is 3.07. The van der Waals surface area contributed by atoms with Gasteiger partial charge in [-0.2, -0.15) is 0 Å². The second kappa shape index (κ2) is 19.3. The lowest BCUT2D eigenvalue weighted by atomic mass is 9.93. The molecule has 3 aliphatic rings. The Labute approximate surface area is 298 Å². The summed E-state index contributed by atoms with van der Waals surface area (Å²) >= 11 is 6.03. The van der Waals surface area contributed by atoms with Gasteiger partial charge in [0.2, 0.25) is 0 Å². The normalized spacial score (nSPS) is 24.1. The molecule has 0 radical (unpaired) electrons. The van der Waals surface area contributed by atoms with Crippen LogP contribution in [0.1, 0.15) is 63.9 Å². The Morgan fingerprint density at radius 1 is 1.08 bits per heavy atom. The molecule has 4 atom stereocenters. The lowest BCUT2D eigenvalue weighted by molar-refractivity contribution is -0.767. The van der Waals surface area contributed by atoms with Crippen LogP contribution in [0, 0.1) is 10.1 Å². The Hall–Kier alpha value is -3.36. The van der Waals surface area contributed by atoms with Gasteiger partial charge in [-0.25, -0.2) is 0 Å². The van der Waals surface area contributed by atoms with Gasteiger partial charge in [0.25, 0.3) is 5.09 Å². The second-order valence-electron chi connectivity index (χ2n) is 13.1. The van der Waals surface area contributed by atoms with E-state index in [2.05, 4.69) is 21.1 Å². The summed E-state index contributed by atoms with van der Waals surface area (Å²) in [6, 6.07) is 13.5. The van der Waals surface area contributed by atoms with E-state index in [-0.39, 0.29) is 30.7 Å². The largest absolute Gasteiger partial charge is 0.490 e. The molecule has 5 rings (SSSR count). The molecule has 4 unspecified atom stereocenters. The molecule has 2 aromatic carbocycles. The van der Waals surface area contributed by atoms with Gasteiger partial charge in [0.1, 0.15) is 42.5 Å². The number of anilines is 1. The van der Waals surface area contributed by atoms with Crippen LogP contribution < -0.4 is 19.7 Å². The maximum absolute atomic E-state index is 13.0. The van der Waals surface area contributed by atoms with Gasteiger partial charge in [-0.05, 0) is 93.8 Å².